The fourth-order valence-electron chi connectivity index (χ4n) is 3.54. The number of aromatic nitrogens is 3. The minimum Gasteiger partial charge on any atom is -0.465 e. The van der Waals surface area contributed by atoms with Crippen molar-refractivity contribution in [1.82, 2.24) is 14.8 Å². The van der Waals surface area contributed by atoms with Crippen molar-refractivity contribution in [2.24, 2.45) is 0 Å². The highest BCUT2D eigenvalue weighted by Gasteiger charge is 2.24. The number of furan rings is 1. The third-order valence-corrected chi connectivity index (χ3v) is 7.09. The second-order valence-corrected chi connectivity index (χ2v) is 9.35. The van der Waals surface area contributed by atoms with Gasteiger partial charge in [0.25, 0.3) is 0 Å². The van der Waals surface area contributed by atoms with E-state index in [9.17, 15) is 9.59 Å². The molecular formula is C24H24N4O4S2. The van der Waals surface area contributed by atoms with Crippen molar-refractivity contribution in [2.75, 3.05) is 18.2 Å². The van der Waals surface area contributed by atoms with Crippen molar-refractivity contribution in [3.05, 3.63) is 58.7 Å². The predicted molar refractivity (Wildman–Crippen MR) is 133 cm³/mol. The zero-order valence-corrected chi connectivity index (χ0v) is 20.9. The summed E-state index contributed by atoms with van der Waals surface area (Å²) >= 11 is 2.57. The second-order valence-electron chi connectivity index (χ2n) is 7.53. The maximum atomic E-state index is 12.8. The van der Waals surface area contributed by atoms with Gasteiger partial charge in [-0.25, -0.2) is 4.79 Å². The summed E-state index contributed by atoms with van der Waals surface area (Å²) in [5, 5.41) is 14.2. The van der Waals surface area contributed by atoms with Crippen molar-refractivity contribution in [1.29, 1.82) is 0 Å². The van der Waals surface area contributed by atoms with Crippen molar-refractivity contribution in [2.45, 2.75) is 32.5 Å². The molecule has 4 aromatic rings. The summed E-state index contributed by atoms with van der Waals surface area (Å²) in [6, 6.07) is 9.67. The second kappa shape index (κ2) is 10.3. The number of thiophene rings is 1. The molecule has 0 aliphatic rings. The Morgan fingerprint density at radius 1 is 1.21 bits per heavy atom. The summed E-state index contributed by atoms with van der Waals surface area (Å²) < 4.78 is 12.3. The van der Waals surface area contributed by atoms with Gasteiger partial charge in [-0.1, -0.05) is 35.5 Å². The standard InChI is InChI=1S/C24H24N4O4S2/c1-5-28-21(18-7-6-10-32-18)26-27-24(28)34-13-19(29)25-22-20(23(30)31-4)17(12-33-22)16-11-14(2)8-9-15(16)3/h6-12H,5,13H2,1-4H3,(H,25,29). The molecule has 0 atom stereocenters. The smallest absolute Gasteiger partial charge is 0.341 e. The summed E-state index contributed by atoms with van der Waals surface area (Å²) in [5.41, 5.74) is 4.16. The summed E-state index contributed by atoms with van der Waals surface area (Å²) in [4.78, 5) is 25.4. The molecule has 0 saturated carbocycles. The largest absolute Gasteiger partial charge is 0.465 e. The monoisotopic (exact) mass is 496 g/mol. The van der Waals surface area contributed by atoms with Crippen LogP contribution in [0.5, 0.6) is 0 Å². The van der Waals surface area contributed by atoms with Gasteiger partial charge in [-0.05, 0) is 44.0 Å². The Labute approximate surface area is 205 Å². The van der Waals surface area contributed by atoms with Crippen molar-refractivity contribution >= 4 is 40.0 Å². The van der Waals surface area contributed by atoms with Gasteiger partial charge in [0.05, 0.1) is 19.1 Å². The van der Waals surface area contributed by atoms with Crippen LogP contribution >= 0.6 is 23.1 Å². The normalized spacial score (nSPS) is 10.9. The van der Waals surface area contributed by atoms with Gasteiger partial charge in [-0.3, -0.25) is 9.36 Å². The zero-order valence-electron chi connectivity index (χ0n) is 19.2. The number of carbonyl (C=O) groups excluding carboxylic acids is 2. The van der Waals surface area contributed by atoms with Crippen LogP contribution in [0.3, 0.4) is 0 Å². The van der Waals surface area contributed by atoms with Gasteiger partial charge in [0.2, 0.25) is 5.91 Å². The van der Waals surface area contributed by atoms with E-state index in [4.69, 9.17) is 9.15 Å². The Bertz CT molecular complexity index is 1320. The summed E-state index contributed by atoms with van der Waals surface area (Å²) in [6.07, 6.45) is 1.58. The van der Waals surface area contributed by atoms with Crippen LogP contribution < -0.4 is 5.32 Å². The van der Waals surface area contributed by atoms with Crippen LogP contribution in [0.15, 0.2) is 51.5 Å². The lowest BCUT2D eigenvalue weighted by molar-refractivity contribution is -0.113. The topological polar surface area (TPSA) is 99.2 Å². The van der Waals surface area contributed by atoms with Gasteiger partial charge >= 0.3 is 5.97 Å². The molecular weight excluding hydrogens is 472 g/mol. The average Bonchev–Trinajstić information content (AvgIpc) is 3.58. The number of ether oxygens (including phenoxy) is 1. The fourth-order valence-corrected chi connectivity index (χ4v) is 5.31. The highest BCUT2D eigenvalue weighted by atomic mass is 32.2. The molecule has 176 valence electrons. The van der Waals surface area contributed by atoms with Crippen LogP contribution in [-0.2, 0) is 16.1 Å². The maximum absolute atomic E-state index is 12.8. The Balaban J connectivity index is 1.53. The first-order valence-corrected chi connectivity index (χ1v) is 12.5. The molecule has 1 N–H and O–H groups in total. The van der Waals surface area contributed by atoms with E-state index in [1.54, 1.807) is 12.3 Å². The number of carbonyl (C=O) groups is 2. The molecule has 3 aromatic heterocycles. The molecule has 10 heteroatoms. The minimum absolute atomic E-state index is 0.105. The van der Waals surface area contributed by atoms with Crippen LogP contribution in [0.1, 0.15) is 28.4 Å². The predicted octanol–water partition coefficient (Wildman–Crippen LogP) is 5.42. The number of aryl methyl sites for hydroxylation is 2. The van der Waals surface area contributed by atoms with Crippen LogP contribution in [0.2, 0.25) is 0 Å². The van der Waals surface area contributed by atoms with Crippen LogP contribution in [-0.4, -0.2) is 39.5 Å². The third-order valence-electron chi connectivity index (χ3n) is 5.22. The first kappa shape index (κ1) is 23.8. The molecule has 0 fully saturated rings. The highest BCUT2D eigenvalue weighted by molar-refractivity contribution is 7.99. The van der Waals surface area contributed by atoms with E-state index in [0.717, 1.165) is 22.3 Å². The van der Waals surface area contributed by atoms with E-state index < -0.39 is 5.97 Å². The number of esters is 1. The van der Waals surface area contributed by atoms with Gasteiger partial charge in [-0.2, -0.15) is 0 Å². The lowest BCUT2D eigenvalue weighted by atomic mass is 9.97. The molecule has 4 rings (SSSR count). The number of nitrogens with zero attached hydrogens (tertiary/aromatic N) is 3. The van der Waals surface area contributed by atoms with Crippen molar-refractivity contribution in [3.63, 3.8) is 0 Å². The molecule has 0 unspecified atom stereocenters. The fraction of sp³-hybridized carbons (Fsp3) is 0.250. The van der Waals surface area contributed by atoms with E-state index in [0.29, 0.717) is 33.9 Å². The van der Waals surface area contributed by atoms with Gasteiger partial charge in [-0.15, -0.1) is 21.5 Å². The van der Waals surface area contributed by atoms with E-state index in [1.807, 2.05) is 55.0 Å². The highest BCUT2D eigenvalue weighted by Crippen LogP contribution is 2.38. The van der Waals surface area contributed by atoms with E-state index in [2.05, 4.69) is 15.5 Å². The lowest BCUT2D eigenvalue weighted by Crippen LogP contribution is -2.16. The van der Waals surface area contributed by atoms with Crippen LogP contribution in [0.4, 0.5) is 5.00 Å². The first-order valence-electron chi connectivity index (χ1n) is 10.6. The number of amides is 1. The molecule has 8 nitrogen and oxygen atoms in total. The van der Waals surface area contributed by atoms with E-state index >= 15 is 0 Å². The van der Waals surface area contributed by atoms with Gasteiger partial charge in [0, 0.05) is 17.5 Å². The number of hydrogen-bond acceptors (Lipinski definition) is 8. The lowest BCUT2D eigenvalue weighted by Gasteiger charge is -2.10. The Morgan fingerprint density at radius 3 is 2.74 bits per heavy atom. The van der Waals surface area contributed by atoms with E-state index in [-0.39, 0.29) is 11.7 Å². The summed E-state index contributed by atoms with van der Waals surface area (Å²) in [6.45, 7) is 6.59. The number of hydrogen-bond donors (Lipinski definition) is 1. The first-order chi connectivity index (χ1) is 16.4. The molecule has 1 aromatic carbocycles. The minimum atomic E-state index is -0.492. The Morgan fingerprint density at radius 2 is 2.03 bits per heavy atom. The number of nitrogens with one attached hydrogen (secondary N) is 1. The summed E-state index contributed by atoms with van der Waals surface area (Å²) in [5.74, 6) is 0.586. The number of anilines is 1. The maximum Gasteiger partial charge on any atom is 0.341 e. The molecule has 0 aliphatic carbocycles. The average molecular weight is 497 g/mol. The van der Waals surface area contributed by atoms with Crippen molar-refractivity contribution < 1.29 is 18.7 Å². The molecule has 1 amide bonds. The SMILES string of the molecule is CCn1c(SCC(=O)Nc2scc(-c3cc(C)ccc3C)c2C(=O)OC)nnc1-c1ccco1. The van der Waals surface area contributed by atoms with Gasteiger partial charge in [0.15, 0.2) is 16.7 Å². The molecule has 0 bridgehead atoms. The quantitative estimate of drug-likeness (QED) is 0.257. The molecule has 3 heterocycles. The number of benzene rings is 1. The van der Waals surface area contributed by atoms with Crippen LogP contribution in [0.25, 0.3) is 22.7 Å². The Hall–Kier alpha value is -3.37. The number of methoxy groups -OCH3 is 1. The Kier molecular flexibility index (Phi) is 7.18. The number of thioether (sulfide) groups is 1. The number of rotatable bonds is 8. The molecule has 0 radical (unpaired) electrons. The molecule has 34 heavy (non-hydrogen) atoms. The van der Waals surface area contributed by atoms with Crippen LogP contribution in [0, 0.1) is 13.8 Å². The molecule has 0 aliphatic heterocycles. The van der Waals surface area contributed by atoms with Gasteiger partial charge < -0.3 is 14.5 Å². The summed E-state index contributed by atoms with van der Waals surface area (Å²) in [7, 11) is 1.34. The zero-order chi connectivity index (χ0) is 24.2. The van der Waals surface area contributed by atoms with E-state index in [1.165, 1.54) is 30.2 Å². The van der Waals surface area contributed by atoms with Gasteiger partial charge in [0.1, 0.15) is 10.6 Å². The third kappa shape index (κ3) is 4.78. The van der Waals surface area contributed by atoms with Crippen molar-refractivity contribution in [3.8, 4) is 22.7 Å². The molecule has 0 spiro atoms. The molecule has 0 saturated heterocycles.